The monoisotopic (exact) mass is 215 g/mol. The SMILES string of the molecule is O=C1CCC[C@@H](n2nc3ccccc3n2)C1. The van der Waals surface area contributed by atoms with Crippen molar-refractivity contribution in [2.75, 3.05) is 0 Å². The highest BCUT2D eigenvalue weighted by molar-refractivity contribution is 5.79. The third-order valence-corrected chi connectivity index (χ3v) is 3.08. The Morgan fingerprint density at radius 3 is 2.50 bits per heavy atom. The molecule has 4 heteroatoms. The first-order valence-electron chi connectivity index (χ1n) is 5.66. The summed E-state index contributed by atoms with van der Waals surface area (Å²) in [7, 11) is 0. The fraction of sp³-hybridized carbons (Fsp3) is 0.417. The molecule has 0 unspecified atom stereocenters. The number of fused-ring (bicyclic) bond motifs is 1. The normalized spacial score (nSPS) is 21.5. The van der Waals surface area contributed by atoms with Crippen molar-refractivity contribution in [2.45, 2.75) is 31.7 Å². The van der Waals surface area contributed by atoms with Crippen LogP contribution in [0.1, 0.15) is 31.7 Å². The molecule has 1 aliphatic carbocycles. The van der Waals surface area contributed by atoms with Crippen molar-refractivity contribution in [1.82, 2.24) is 15.0 Å². The van der Waals surface area contributed by atoms with Crippen LogP contribution >= 0.6 is 0 Å². The Morgan fingerprint density at radius 2 is 1.88 bits per heavy atom. The molecule has 0 amide bonds. The average molecular weight is 215 g/mol. The van der Waals surface area contributed by atoms with Crippen LogP contribution in [-0.4, -0.2) is 20.8 Å². The lowest BCUT2D eigenvalue weighted by Crippen LogP contribution is -2.20. The minimum absolute atomic E-state index is 0.161. The highest BCUT2D eigenvalue weighted by atomic mass is 16.1. The van der Waals surface area contributed by atoms with Gasteiger partial charge < -0.3 is 0 Å². The zero-order valence-electron chi connectivity index (χ0n) is 8.97. The van der Waals surface area contributed by atoms with E-state index in [1.54, 1.807) is 4.80 Å². The van der Waals surface area contributed by atoms with Crippen molar-refractivity contribution in [2.24, 2.45) is 0 Å². The van der Waals surface area contributed by atoms with Crippen LogP contribution in [0.25, 0.3) is 11.0 Å². The van der Waals surface area contributed by atoms with Gasteiger partial charge in [-0.25, -0.2) is 0 Å². The third-order valence-electron chi connectivity index (χ3n) is 3.08. The summed E-state index contributed by atoms with van der Waals surface area (Å²) in [6.07, 6.45) is 3.27. The number of Topliss-reactive ketones (excluding diaryl/α,β-unsaturated/α-hetero) is 1. The molecule has 1 saturated carbocycles. The second-order valence-corrected chi connectivity index (χ2v) is 4.30. The van der Waals surface area contributed by atoms with Crippen molar-refractivity contribution in [1.29, 1.82) is 0 Å². The molecule has 82 valence electrons. The molecular formula is C12H13N3O. The van der Waals surface area contributed by atoms with E-state index >= 15 is 0 Å². The molecule has 0 radical (unpaired) electrons. The van der Waals surface area contributed by atoms with Crippen LogP contribution < -0.4 is 0 Å². The van der Waals surface area contributed by atoms with E-state index < -0.39 is 0 Å². The average Bonchev–Trinajstić information content (AvgIpc) is 2.72. The highest BCUT2D eigenvalue weighted by Crippen LogP contribution is 2.25. The van der Waals surface area contributed by atoms with E-state index in [2.05, 4.69) is 10.2 Å². The summed E-state index contributed by atoms with van der Waals surface area (Å²) in [5.41, 5.74) is 1.81. The van der Waals surface area contributed by atoms with Gasteiger partial charge in [0.1, 0.15) is 16.8 Å². The lowest BCUT2D eigenvalue weighted by molar-refractivity contribution is -0.121. The maximum Gasteiger partial charge on any atom is 0.135 e. The van der Waals surface area contributed by atoms with Crippen LogP contribution in [0.2, 0.25) is 0 Å². The van der Waals surface area contributed by atoms with E-state index in [0.29, 0.717) is 12.2 Å². The van der Waals surface area contributed by atoms with Gasteiger partial charge >= 0.3 is 0 Å². The number of hydrogen-bond donors (Lipinski definition) is 0. The quantitative estimate of drug-likeness (QED) is 0.732. The van der Waals surface area contributed by atoms with Gasteiger partial charge in [0.15, 0.2) is 0 Å². The van der Waals surface area contributed by atoms with Gasteiger partial charge in [0, 0.05) is 12.8 Å². The minimum atomic E-state index is 0.161. The number of ketones is 1. The fourth-order valence-electron chi connectivity index (χ4n) is 2.24. The van der Waals surface area contributed by atoms with Gasteiger partial charge in [-0.15, -0.1) is 0 Å². The molecule has 3 rings (SSSR count). The number of aromatic nitrogens is 3. The van der Waals surface area contributed by atoms with E-state index in [9.17, 15) is 4.79 Å². The number of carbonyl (C=O) groups excluding carboxylic acids is 1. The van der Waals surface area contributed by atoms with Crippen LogP contribution in [0.5, 0.6) is 0 Å². The van der Waals surface area contributed by atoms with Gasteiger partial charge in [0.05, 0.1) is 6.04 Å². The molecule has 2 aromatic rings. The lowest BCUT2D eigenvalue weighted by Gasteiger charge is -2.19. The highest BCUT2D eigenvalue weighted by Gasteiger charge is 2.22. The molecule has 1 aliphatic rings. The van der Waals surface area contributed by atoms with Gasteiger partial charge in [0.25, 0.3) is 0 Å². The summed E-state index contributed by atoms with van der Waals surface area (Å²) in [6.45, 7) is 0. The summed E-state index contributed by atoms with van der Waals surface area (Å²) in [4.78, 5) is 13.1. The van der Waals surface area contributed by atoms with Crippen LogP contribution in [-0.2, 0) is 4.79 Å². The zero-order chi connectivity index (χ0) is 11.0. The number of rotatable bonds is 1. The van der Waals surface area contributed by atoms with Gasteiger partial charge in [-0.1, -0.05) is 12.1 Å². The molecule has 1 fully saturated rings. The summed E-state index contributed by atoms with van der Waals surface area (Å²) in [5.74, 6) is 0.331. The first-order chi connectivity index (χ1) is 7.83. The molecule has 1 atom stereocenters. The van der Waals surface area contributed by atoms with Gasteiger partial charge in [0.2, 0.25) is 0 Å². The van der Waals surface area contributed by atoms with Crippen LogP contribution in [0.3, 0.4) is 0 Å². The van der Waals surface area contributed by atoms with Gasteiger partial charge in [-0.05, 0) is 25.0 Å². The molecule has 4 nitrogen and oxygen atoms in total. The topological polar surface area (TPSA) is 47.8 Å². The maximum absolute atomic E-state index is 11.4. The third kappa shape index (κ3) is 1.60. The molecule has 1 aromatic heterocycles. The molecule has 0 bridgehead atoms. The lowest BCUT2D eigenvalue weighted by atomic mass is 9.95. The molecule has 0 aliphatic heterocycles. The van der Waals surface area contributed by atoms with Crippen molar-refractivity contribution in [3.05, 3.63) is 24.3 Å². The second-order valence-electron chi connectivity index (χ2n) is 4.30. The first kappa shape index (κ1) is 9.51. The Morgan fingerprint density at radius 1 is 1.19 bits per heavy atom. The molecule has 1 heterocycles. The number of hydrogen-bond acceptors (Lipinski definition) is 3. The number of carbonyl (C=O) groups is 1. The van der Waals surface area contributed by atoms with Gasteiger partial charge in [-0.3, -0.25) is 4.79 Å². The van der Waals surface area contributed by atoms with E-state index in [4.69, 9.17) is 0 Å². The maximum atomic E-state index is 11.4. The Labute approximate surface area is 93.3 Å². The molecule has 0 saturated heterocycles. The Bertz CT molecular complexity index is 499. The summed E-state index contributed by atoms with van der Waals surface area (Å²) < 4.78 is 0. The molecular weight excluding hydrogens is 202 g/mol. The van der Waals surface area contributed by atoms with E-state index in [-0.39, 0.29) is 6.04 Å². The fourth-order valence-corrected chi connectivity index (χ4v) is 2.24. The Kier molecular flexibility index (Phi) is 2.20. The predicted octanol–water partition coefficient (Wildman–Crippen LogP) is 2.12. The molecule has 0 N–H and O–H groups in total. The Hall–Kier alpha value is -1.71. The smallest absolute Gasteiger partial charge is 0.135 e. The largest absolute Gasteiger partial charge is 0.300 e. The van der Waals surface area contributed by atoms with E-state index in [0.717, 1.165) is 30.3 Å². The predicted molar refractivity (Wildman–Crippen MR) is 60.0 cm³/mol. The van der Waals surface area contributed by atoms with Crippen LogP contribution in [0, 0.1) is 0 Å². The summed E-state index contributed by atoms with van der Waals surface area (Å²) in [5, 5.41) is 8.85. The first-order valence-corrected chi connectivity index (χ1v) is 5.66. The standard InChI is InChI=1S/C12H13N3O/c16-10-5-3-4-9(8-10)15-13-11-6-1-2-7-12(11)14-15/h1-2,6-7,9H,3-5,8H2/t9-/m1/s1. The summed E-state index contributed by atoms with van der Waals surface area (Å²) in [6, 6.07) is 7.96. The zero-order valence-corrected chi connectivity index (χ0v) is 8.97. The van der Waals surface area contributed by atoms with Crippen molar-refractivity contribution in [3.8, 4) is 0 Å². The van der Waals surface area contributed by atoms with Crippen LogP contribution in [0.15, 0.2) is 24.3 Å². The summed E-state index contributed by atoms with van der Waals surface area (Å²) >= 11 is 0. The molecule has 16 heavy (non-hydrogen) atoms. The van der Waals surface area contributed by atoms with Crippen molar-refractivity contribution >= 4 is 16.8 Å². The number of benzene rings is 1. The van der Waals surface area contributed by atoms with Crippen molar-refractivity contribution in [3.63, 3.8) is 0 Å². The number of nitrogens with zero attached hydrogens (tertiary/aromatic N) is 3. The minimum Gasteiger partial charge on any atom is -0.300 e. The molecule has 1 aromatic carbocycles. The van der Waals surface area contributed by atoms with E-state index in [1.165, 1.54) is 0 Å². The second kappa shape index (κ2) is 3.70. The van der Waals surface area contributed by atoms with Crippen LogP contribution in [0.4, 0.5) is 0 Å². The van der Waals surface area contributed by atoms with Gasteiger partial charge in [-0.2, -0.15) is 15.0 Å². The van der Waals surface area contributed by atoms with Crippen molar-refractivity contribution < 1.29 is 4.79 Å². The van der Waals surface area contributed by atoms with E-state index in [1.807, 2.05) is 24.3 Å². The Balaban J connectivity index is 1.96. The molecule has 0 spiro atoms.